The van der Waals surface area contributed by atoms with Crippen molar-refractivity contribution in [2.75, 3.05) is 13.1 Å². The van der Waals surface area contributed by atoms with Crippen molar-refractivity contribution >= 4 is 16.8 Å². The summed E-state index contributed by atoms with van der Waals surface area (Å²) in [6.07, 6.45) is 0.850. The molecule has 7 heteroatoms. The quantitative estimate of drug-likeness (QED) is 0.419. The Morgan fingerprint density at radius 1 is 1.18 bits per heavy atom. The summed E-state index contributed by atoms with van der Waals surface area (Å²) in [7, 11) is 0. The second kappa shape index (κ2) is 8.73. The number of aromatic nitrogens is 3. The maximum Gasteiger partial charge on any atom is 0.270 e. The molecule has 0 spiro atoms. The predicted molar refractivity (Wildman–Crippen MR) is 125 cm³/mol. The van der Waals surface area contributed by atoms with Gasteiger partial charge in [0.25, 0.3) is 5.91 Å². The number of halogens is 1. The van der Waals surface area contributed by atoms with Crippen molar-refractivity contribution in [2.45, 2.75) is 38.7 Å². The van der Waals surface area contributed by atoms with E-state index in [9.17, 15) is 9.18 Å². The highest BCUT2D eigenvalue weighted by Gasteiger charge is 2.30. The van der Waals surface area contributed by atoms with Gasteiger partial charge in [-0.1, -0.05) is 26.0 Å². The Bertz CT molecular complexity index is 1280. The zero-order valence-corrected chi connectivity index (χ0v) is 18.8. The van der Waals surface area contributed by atoms with E-state index in [1.165, 1.54) is 17.7 Å². The lowest BCUT2D eigenvalue weighted by atomic mass is 10.0. The minimum atomic E-state index is -0.324. The summed E-state index contributed by atoms with van der Waals surface area (Å²) in [5.41, 5.74) is 4.24. The number of amides is 1. The van der Waals surface area contributed by atoms with Gasteiger partial charge in [-0.2, -0.15) is 5.10 Å². The second-order valence-electron chi connectivity index (χ2n) is 8.98. The van der Waals surface area contributed by atoms with Crippen molar-refractivity contribution < 1.29 is 13.9 Å². The fraction of sp³-hybridized carbons (Fsp3) is 0.308. The molecule has 5 rings (SSSR count). The Labute approximate surface area is 191 Å². The van der Waals surface area contributed by atoms with Crippen LogP contribution >= 0.6 is 0 Å². The van der Waals surface area contributed by atoms with Crippen molar-refractivity contribution in [1.29, 1.82) is 0 Å². The summed E-state index contributed by atoms with van der Waals surface area (Å²) >= 11 is 0. The fourth-order valence-corrected chi connectivity index (χ4v) is 4.34. The number of carbonyl (C=O) groups excluding carboxylic acids is 1. The van der Waals surface area contributed by atoms with Crippen LogP contribution in [0.25, 0.3) is 10.9 Å². The third-order valence-electron chi connectivity index (χ3n) is 6.30. The number of likely N-dealkylation sites (tertiary alicyclic amines) is 1. The molecule has 2 N–H and O–H groups in total. The van der Waals surface area contributed by atoms with Crippen LogP contribution < -0.4 is 4.74 Å². The number of carbonyl (C=O) groups is 1. The molecular formula is C26H27FN4O2. The van der Waals surface area contributed by atoms with Crippen LogP contribution in [0.5, 0.6) is 5.75 Å². The van der Waals surface area contributed by atoms with E-state index in [1.807, 2.05) is 23.1 Å². The lowest BCUT2D eigenvalue weighted by Gasteiger charge is -2.15. The summed E-state index contributed by atoms with van der Waals surface area (Å²) in [6, 6.07) is 16.4. The minimum Gasteiger partial charge on any atom is -0.487 e. The standard InChI is InChI=1S/C26H27FN4O2/c1-16(2)17-4-7-22(8-5-17)33-15-21-13-24(30-29-21)19-9-10-31(14-19)26(32)25-11-18-3-6-20(27)12-23(18)28-25/h3-8,11-13,16,19,28H,9-10,14-15H2,1-2H3,(H,29,30)/t19-/m0/s1. The van der Waals surface area contributed by atoms with Gasteiger partial charge in [0.15, 0.2) is 0 Å². The molecule has 1 aliphatic heterocycles. The molecule has 6 nitrogen and oxygen atoms in total. The first-order valence-electron chi connectivity index (χ1n) is 11.3. The molecule has 2 aromatic carbocycles. The first-order valence-corrected chi connectivity index (χ1v) is 11.3. The summed E-state index contributed by atoms with van der Waals surface area (Å²) in [6.45, 7) is 6.01. The average molecular weight is 447 g/mol. The molecule has 1 fully saturated rings. The van der Waals surface area contributed by atoms with E-state index in [4.69, 9.17) is 4.74 Å². The average Bonchev–Trinajstić information content (AvgIpc) is 3.56. The SMILES string of the molecule is CC(C)c1ccc(OCc2cc([C@H]3CCN(C(=O)c4cc5ccc(F)cc5[nH]4)C3)n[nH]2)cc1. The van der Waals surface area contributed by atoms with E-state index in [0.29, 0.717) is 36.8 Å². The molecular weight excluding hydrogens is 419 g/mol. The maximum atomic E-state index is 13.5. The Morgan fingerprint density at radius 2 is 2.00 bits per heavy atom. The van der Waals surface area contributed by atoms with E-state index in [1.54, 1.807) is 12.1 Å². The van der Waals surface area contributed by atoms with Crippen LogP contribution in [0, 0.1) is 5.82 Å². The van der Waals surface area contributed by atoms with Gasteiger partial charge in [0.2, 0.25) is 0 Å². The third-order valence-corrected chi connectivity index (χ3v) is 6.30. The van der Waals surface area contributed by atoms with Gasteiger partial charge in [-0.25, -0.2) is 4.39 Å². The maximum absolute atomic E-state index is 13.5. The summed E-state index contributed by atoms with van der Waals surface area (Å²) in [4.78, 5) is 17.8. The molecule has 0 bridgehead atoms. The van der Waals surface area contributed by atoms with E-state index >= 15 is 0 Å². The molecule has 0 radical (unpaired) electrons. The van der Waals surface area contributed by atoms with Gasteiger partial charge < -0.3 is 14.6 Å². The zero-order valence-electron chi connectivity index (χ0n) is 18.8. The Kier molecular flexibility index (Phi) is 5.62. The fourth-order valence-electron chi connectivity index (χ4n) is 4.34. The highest BCUT2D eigenvalue weighted by Crippen LogP contribution is 2.28. The van der Waals surface area contributed by atoms with Crippen LogP contribution in [-0.2, 0) is 6.61 Å². The smallest absolute Gasteiger partial charge is 0.270 e. The third kappa shape index (κ3) is 4.49. The summed E-state index contributed by atoms with van der Waals surface area (Å²) in [5.74, 6) is 1.09. The molecule has 1 atom stereocenters. The monoisotopic (exact) mass is 446 g/mol. The number of nitrogens with zero attached hydrogens (tertiary/aromatic N) is 2. The topological polar surface area (TPSA) is 74.0 Å². The first kappa shape index (κ1) is 21.2. The molecule has 4 aromatic rings. The number of fused-ring (bicyclic) bond motifs is 1. The van der Waals surface area contributed by atoms with Crippen LogP contribution in [-0.4, -0.2) is 39.1 Å². The van der Waals surface area contributed by atoms with Gasteiger partial charge in [0.05, 0.1) is 11.4 Å². The highest BCUT2D eigenvalue weighted by molar-refractivity contribution is 5.98. The lowest BCUT2D eigenvalue weighted by molar-refractivity contribution is 0.0786. The number of rotatable bonds is 6. The van der Waals surface area contributed by atoms with Gasteiger partial charge in [-0.05, 0) is 60.4 Å². The molecule has 0 saturated carbocycles. The predicted octanol–water partition coefficient (Wildman–Crippen LogP) is 5.36. The highest BCUT2D eigenvalue weighted by atomic mass is 19.1. The lowest BCUT2D eigenvalue weighted by Crippen LogP contribution is -2.28. The van der Waals surface area contributed by atoms with Crippen LogP contribution in [0.1, 0.15) is 59.5 Å². The summed E-state index contributed by atoms with van der Waals surface area (Å²) < 4.78 is 19.3. The number of nitrogens with one attached hydrogen (secondary N) is 2. The number of H-pyrrole nitrogens is 2. The summed E-state index contributed by atoms with van der Waals surface area (Å²) in [5, 5.41) is 8.35. The van der Waals surface area contributed by atoms with Crippen molar-refractivity contribution in [1.82, 2.24) is 20.1 Å². The second-order valence-corrected chi connectivity index (χ2v) is 8.98. The van der Waals surface area contributed by atoms with Gasteiger partial charge in [0.1, 0.15) is 23.9 Å². The van der Waals surface area contributed by atoms with Gasteiger partial charge in [-0.3, -0.25) is 9.89 Å². The first-order chi connectivity index (χ1) is 16.0. The molecule has 0 aliphatic carbocycles. The number of ether oxygens (including phenoxy) is 1. The molecule has 1 aliphatic rings. The van der Waals surface area contributed by atoms with E-state index in [2.05, 4.69) is 41.2 Å². The number of benzene rings is 2. The molecule has 1 amide bonds. The van der Waals surface area contributed by atoms with Gasteiger partial charge in [-0.15, -0.1) is 0 Å². The van der Waals surface area contributed by atoms with E-state index < -0.39 is 0 Å². The van der Waals surface area contributed by atoms with Crippen molar-refractivity contribution in [3.05, 3.63) is 83.1 Å². The Hall–Kier alpha value is -3.61. The molecule has 33 heavy (non-hydrogen) atoms. The van der Waals surface area contributed by atoms with Crippen molar-refractivity contribution in [2.24, 2.45) is 0 Å². The number of hydrogen-bond donors (Lipinski definition) is 2. The van der Waals surface area contributed by atoms with Crippen LogP contribution in [0.4, 0.5) is 4.39 Å². The van der Waals surface area contributed by atoms with Crippen molar-refractivity contribution in [3.8, 4) is 5.75 Å². The van der Waals surface area contributed by atoms with Crippen LogP contribution in [0.15, 0.2) is 54.6 Å². The molecule has 1 saturated heterocycles. The normalized spacial score (nSPS) is 16.1. The number of hydrogen-bond acceptors (Lipinski definition) is 3. The minimum absolute atomic E-state index is 0.0713. The van der Waals surface area contributed by atoms with Crippen molar-refractivity contribution in [3.63, 3.8) is 0 Å². The number of aromatic amines is 2. The molecule has 0 unspecified atom stereocenters. The van der Waals surface area contributed by atoms with Crippen LogP contribution in [0.3, 0.4) is 0 Å². The van der Waals surface area contributed by atoms with E-state index in [-0.39, 0.29) is 17.6 Å². The van der Waals surface area contributed by atoms with Gasteiger partial charge >= 0.3 is 0 Å². The zero-order chi connectivity index (χ0) is 22.9. The molecule has 170 valence electrons. The molecule has 3 heterocycles. The van der Waals surface area contributed by atoms with Gasteiger partial charge in [0, 0.05) is 29.9 Å². The Balaban J connectivity index is 1.19. The largest absolute Gasteiger partial charge is 0.487 e. The van der Waals surface area contributed by atoms with E-state index in [0.717, 1.165) is 28.9 Å². The molecule has 2 aromatic heterocycles. The van der Waals surface area contributed by atoms with Crippen LogP contribution in [0.2, 0.25) is 0 Å². The Morgan fingerprint density at radius 3 is 2.79 bits per heavy atom.